The normalized spacial score (nSPS) is 16.4. The molecule has 0 saturated heterocycles. The quantitative estimate of drug-likeness (QED) is 0.628. The van der Waals surface area contributed by atoms with E-state index in [0.29, 0.717) is 18.1 Å². The Bertz CT molecular complexity index is 998. The molecule has 2 aromatic carbocycles. The van der Waals surface area contributed by atoms with Gasteiger partial charge in [-0.15, -0.1) is 0 Å². The number of fused-ring (bicyclic) bond motifs is 1. The molecular weight excluding hydrogens is 365 g/mol. The molecule has 0 amide bonds. The Morgan fingerprint density at radius 3 is 2.41 bits per heavy atom. The second kappa shape index (κ2) is 6.55. The first-order valence-electron chi connectivity index (χ1n) is 8.00. The van der Waals surface area contributed by atoms with Crippen molar-refractivity contribution in [3.05, 3.63) is 58.2 Å². The van der Waals surface area contributed by atoms with Gasteiger partial charge in [-0.1, -0.05) is 6.92 Å². The van der Waals surface area contributed by atoms with Crippen LogP contribution in [0, 0.1) is 34.3 Å². The highest BCUT2D eigenvalue weighted by atomic mass is 19.4. The van der Waals surface area contributed by atoms with Crippen LogP contribution in [-0.4, -0.2) is 6.54 Å². The Labute approximate surface area is 151 Å². The summed E-state index contributed by atoms with van der Waals surface area (Å²) in [7, 11) is 0. The predicted octanol–water partition coefficient (Wildman–Crippen LogP) is 5.37. The molecule has 0 saturated carbocycles. The number of nitriles is 2. The third-order valence-corrected chi connectivity index (χ3v) is 4.64. The summed E-state index contributed by atoms with van der Waals surface area (Å²) in [5.74, 6) is -2.38. The number of halogens is 5. The Hall–Kier alpha value is -3.13. The standard InChI is InChI=1S/C19H12F5N3/c1-10-4-5-27(18-11(8-25)6-12(20)7-13(10)18)16-3-2-15(19(22,23)24)17(21)14(16)9-26/h2-3,6-7,10H,4-5H2,1H3. The van der Waals surface area contributed by atoms with E-state index >= 15 is 0 Å². The van der Waals surface area contributed by atoms with E-state index in [0.717, 1.165) is 12.1 Å². The number of anilines is 2. The maximum atomic E-state index is 14.4. The lowest BCUT2D eigenvalue weighted by molar-refractivity contribution is -0.140. The smallest absolute Gasteiger partial charge is 0.339 e. The van der Waals surface area contributed by atoms with E-state index in [-0.39, 0.29) is 29.4 Å². The Kier molecular flexibility index (Phi) is 4.52. The fourth-order valence-electron chi connectivity index (χ4n) is 3.33. The Morgan fingerprint density at radius 1 is 1.11 bits per heavy atom. The summed E-state index contributed by atoms with van der Waals surface area (Å²) in [5, 5.41) is 18.7. The van der Waals surface area contributed by atoms with Crippen molar-refractivity contribution in [2.75, 3.05) is 11.4 Å². The van der Waals surface area contributed by atoms with Crippen LogP contribution in [0.25, 0.3) is 0 Å². The van der Waals surface area contributed by atoms with E-state index in [9.17, 15) is 32.5 Å². The van der Waals surface area contributed by atoms with Gasteiger partial charge < -0.3 is 4.90 Å². The van der Waals surface area contributed by atoms with E-state index in [1.165, 1.54) is 17.0 Å². The van der Waals surface area contributed by atoms with Crippen LogP contribution in [-0.2, 0) is 6.18 Å². The maximum absolute atomic E-state index is 14.4. The average molecular weight is 377 g/mol. The van der Waals surface area contributed by atoms with Crippen LogP contribution in [0.4, 0.5) is 33.3 Å². The summed E-state index contributed by atoms with van der Waals surface area (Å²) in [6.07, 6.45) is -4.45. The van der Waals surface area contributed by atoms with E-state index in [1.54, 1.807) is 0 Å². The topological polar surface area (TPSA) is 50.8 Å². The van der Waals surface area contributed by atoms with Crippen LogP contribution < -0.4 is 4.90 Å². The lowest BCUT2D eigenvalue weighted by Gasteiger charge is -2.36. The highest BCUT2D eigenvalue weighted by Crippen LogP contribution is 2.44. The molecule has 27 heavy (non-hydrogen) atoms. The summed E-state index contributed by atoms with van der Waals surface area (Å²) < 4.78 is 67.1. The summed E-state index contributed by atoms with van der Waals surface area (Å²) in [6.45, 7) is 2.07. The van der Waals surface area contributed by atoms with Crippen molar-refractivity contribution in [1.82, 2.24) is 0 Å². The van der Waals surface area contributed by atoms with Crippen molar-refractivity contribution in [2.45, 2.75) is 25.4 Å². The first-order valence-corrected chi connectivity index (χ1v) is 8.00. The van der Waals surface area contributed by atoms with Crippen molar-refractivity contribution in [3.8, 4) is 12.1 Å². The van der Waals surface area contributed by atoms with Crippen LogP contribution in [0.1, 0.15) is 41.5 Å². The zero-order valence-electron chi connectivity index (χ0n) is 14.0. The molecule has 8 heteroatoms. The molecular formula is C19H12F5N3. The molecule has 1 heterocycles. The molecule has 3 rings (SSSR count). The van der Waals surface area contributed by atoms with Crippen molar-refractivity contribution < 1.29 is 22.0 Å². The molecule has 3 nitrogen and oxygen atoms in total. The fourth-order valence-corrected chi connectivity index (χ4v) is 3.33. The number of nitrogens with zero attached hydrogens (tertiary/aromatic N) is 3. The van der Waals surface area contributed by atoms with Gasteiger partial charge in [0.1, 0.15) is 23.5 Å². The van der Waals surface area contributed by atoms with Crippen molar-refractivity contribution in [2.24, 2.45) is 0 Å². The fraction of sp³-hybridized carbons (Fsp3) is 0.263. The van der Waals surface area contributed by atoms with Gasteiger partial charge in [0.05, 0.1) is 22.5 Å². The minimum absolute atomic E-state index is 0.0271. The minimum atomic E-state index is -4.94. The van der Waals surface area contributed by atoms with Crippen molar-refractivity contribution in [1.29, 1.82) is 10.5 Å². The molecule has 1 aliphatic heterocycles. The van der Waals surface area contributed by atoms with Crippen molar-refractivity contribution in [3.63, 3.8) is 0 Å². The second-order valence-corrected chi connectivity index (χ2v) is 6.28. The van der Waals surface area contributed by atoms with Crippen LogP contribution in [0.5, 0.6) is 0 Å². The highest BCUT2D eigenvalue weighted by molar-refractivity contribution is 5.78. The Morgan fingerprint density at radius 2 is 1.81 bits per heavy atom. The monoisotopic (exact) mass is 377 g/mol. The molecule has 1 atom stereocenters. The number of hydrogen-bond donors (Lipinski definition) is 0. The van der Waals surface area contributed by atoms with Crippen LogP contribution in [0.15, 0.2) is 24.3 Å². The van der Waals surface area contributed by atoms with Crippen LogP contribution >= 0.6 is 0 Å². The zero-order chi connectivity index (χ0) is 19.9. The van der Waals surface area contributed by atoms with Crippen molar-refractivity contribution >= 4 is 11.4 Å². The highest BCUT2D eigenvalue weighted by Gasteiger charge is 2.37. The van der Waals surface area contributed by atoms with E-state index in [2.05, 4.69) is 0 Å². The zero-order valence-corrected chi connectivity index (χ0v) is 14.0. The number of benzene rings is 2. The maximum Gasteiger partial charge on any atom is 0.419 e. The van der Waals surface area contributed by atoms with E-state index < -0.39 is 28.9 Å². The molecule has 1 unspecified atom stereocenters. The second-order valence-electron chi connectivity index (χ2n) is 6.28. The van der Waals surface area contributed by atoms with Gasteiger partial charge in [0.2, 0.25) is 0 Å². The minimum Gasteiger partial charge on any atom is -0.339 e. The van der Waals surface area contributed by atoms with Crippen LogP contribution in [0.3, 0.4) is 0 Å². The molecule has 0 bridgehead atoms. The summed E-state index contributed by atoms with van der Waals surface area (Å²) >= 11 is 0. The first kappa shape index (κ1) is 18.7. The largest absolute Gasteiger partial charge is 0.419 e. The molecule has 0 fully saturated rings. The molecule has 1 aliphatic rings. The molecule has 0 aromatic heterocycles. The number of hydrogen-bond acceptors (Lipinski definition) is 3. The van der Waals surface area contributed by atoms with E-state index in [4.69, 9.17) is 0 Å². The van der Waals surface area contributed by atoms with Gasteiger partial charge in [0, 0.05) is 6.54 Å². The first-order chi connectivity index (χ1) is 12.7. The van der Waals surface area contributed by atoms with Gasteiger partial charge in [-0.25, -0.2) is 8.78 Å². The molecule has 138 valence electrons. The third-order valence-electron chi connectivity index (χ3n) is 4.64. The average Bonchev–Trinajstić information content (AvgIpc) is 2.60. The third kappa shape index (κ3) is 3.08. The lowest BCUT2D eigenvalue weighted by atomic mass is 9.88. The van der Waals surface area contributed by atoms with Gasteiger partial charge in [-0.2, -0.15) is 23.7 Å². The Balaban J connectivity index is 2.27. The molecule has 0 N–H and O–H groups in total. The predicted molar refractivity (Wildman–Crippen MR) is 87.3 cm³/mol. The van der Waals surface area contributed by atoms with Gasteiger partial charge in [-0.05, 0) is 42.2 Å². The molecule has 0 radical (unpaired) electrons. The summed E-state index contributed by atoms with van der Waals surface area (Å²) in [4.78, 5) is 1.41. The number of rotatable bonds is 1. The van der Waals surface area contributed by atoms with Crippen LogP contribution in [0.2, 0.25) is 0 Å². The number of alkyl halides is 3. The molecule has 0 aliphatic carbocycles. The summed E-state index contributed by atoms with van der Waals surface area (Å²) in [6, 6.07) is 7.19. The molecule has 2 aromatic rings. The SMILES string of the molecule is CC1CCN(c2ccc(C(F)(F)F)c(F)c2C#N)c2c(C#N)cc(F)cc21. The van der Waals surface area contributed by atoms with Gasteiger partial charge in [0.15, 0.2) is 5.82 Å². The van der Waals surface area contributed by atoms with Gasteiger partial charge >= 0.3 is 6.18 Å². The van der Waals surface area contributed by atoms with E-state index in [1.807, 2.05) is 13.0 Å². The summed E-state index contributed by atoms with van der Waals surface area (Å²) in [5.41, 5.74) is -1.64. The van der Waals surface area contributed by atoms with Gasteiger partial charge in [0.25, 0.3) is 0 Å². The van der Waals surface area contributed by atoms with Gasteiger partial charge in [-0.3, -0.25) is 0 Å². The molecule has 0 spiro atoms. The lowest BCUT2D eigenvalue weighted by Crippen LogP contribution is -2.28.